The van der Waals surface area contributed by atoms with E-state index in [0.717, 1.165) is 25.3 Å². The van der Waals surface area contributed by atoms with Gasteiger partial charge in [-0.15, -0.1) is 0 Å². The molecule has 1 saturated heterocycles. The fourth-order valence-corrected chi connectivity index (χ4v) is 3.12. The molecule has 1 heterocycles. The fraction of sp³-hybridized carbons (Fsp3) is 1.00. The third kappa shape index (κ3) is 4.84. The smallest absolute Gasteiger partial charge is 0.301 e. The van der Waals surface area contributed by atoms with Crippen LogP contribution in [0.25, 0.3) is 0 Å². The summed E-state index contributed by atoms with van der Waals surface area (Å²) >= 11 is 4.56. The first-order valence-electron chi connectivity index (χ1n) is 5.28. The summed E-state index contributed by atoms with van der Waals surface area (Å²) in [5.41, 5.74) is 0. The van der Waals surface area contributed by atoms with Gasteiger partial charge in [-0.2, -0.15) is 24.9 Å². The van der Waals surface area contributed by atoms with E-state index in [0.29, 0.717) is 0 Å². The van der Waals surface area contributed by atoms with Gasteiger partial charge < -0.3 is 4.90 Å². The highest BCUT2D eigenvalue weighted by atomic mass is 79.9. The quantitative estimate of drug-likeness (QED) is 0.716. The number of hydrogen-bond acceptors (Lipinski definition) is 2. The minimum absolute atomic E-state index is 0.0557. The van der Waals surface area contributed by atoms with Crippen molar-refractivity contribution in [2.45, 2.75) is 36.0 Å². The lowest BCUT2D eigenvalue weighted by atomic mass is 10.1. The van der Waals surface area contributed by atoms with Crippen LogP contribution < -0.4 is 0 Å². The summed E-state index contributed by atoms with van der Waals surface area (Å²) in [7, 11) is 0. The molecule has 1 unspecified atom stereocenters. The second kappa shape index (κ2) is 5.48. The maximum Gasteiger partial charge on any atom is 0.402 e. The standard InChI is InChI=1S/C10H17BrF3NS/c1-9(2)3-4-15(5-6-16-9)7-8(11)10(12,13)14/h8H,3-7H2,1-2H3. The van der Waals surface area contributed by atoms with Gasteiger partial charge in [0.15, 0.2) is 0 Å². The molecule has 0 amide bonds. The molecule has 16 heavy (non-hydrogen) atoms. The second-order valence-electron chi connectivity index (χ2n) is 4.67. The molecular weight excluding hydrogens is 303 g/mol. The Bertz CT molecular complexity index is 233. The lowest BCUT2D eigenvalue weighted by Crippen LogP contribution is -2.38. The molecule has 1 fully saturated rings. The Morgan fingerprint density at radius 1 is 1.38 bits per heavy atom. The summed E-state index contributed by atoms with van der Waals surface area (Å²) in [6, 6.07) is 0. The molecule has 1 rings (SSSR count). The van der Waals surface area contributed by atoms with Gasteiger partial charge in [0, 0.05) is 23.6 Å². The summed E-state index contributed by atoms with van der Waals surface area (Å²) in [6.45, 7) is 5.84. The van der Waals surface area contributed by atoms with Gasteiger partial charge >= 0.3 is 6.18 Å². The largest absolute Gasteiger partial charge is 0.402 e. The molecule has 1 aliphatic rings. The Labute approximate surface area is 107 Å². The van der Waals surface area contributed by atoms with Crippen LogP contribution in [0.3, 0.4) is 0 Å². The normalized spacial score (nSPS) is 25.1. The minimum atomic E-state index is -4.14. The highest BCUT2D eigenvalue weighted by Crippen LogP contribution is 2.32. The molecule has 0 saturated carbocycles. The number of nitrogens with zero attached hydrogens (tertiary/aromatic N) is 1. The molecule has 0 aromatic carbocycles. The van der Waals surface area contributed by atoms with Crippen molar-refractivity contribution in [3.63, 3.8) is 0 Å². The van der Waals surface area contributed by atoms with Gasteiger partial charge in [0.1, 0.15) is 4.83 Å². The van der Waals surface area contributed by atoms with Crippen LogP contribution in [0.4, 0.5) is 13.2 Å². The van der Waals surface area contributed by atoms with E-state index in [1.807, 2.05) is 16.7 Å². The van der Waals surface area contributed by atoms with Gasteiger partial charge in [-0.3, -0.25) is 0 Å². The van der Waals surface area contributed by atoms with Crippen molar-refractivity contribution in [1.29, 1.82) is 0 Å². The molecular formula is C10H17BrF3NS. The predicted molar refractivity (Wildman–Crippen MR) is 66.4 cm³/mol. The summed E-state index contributed by atoms with van der Waals surface area (Å²) in [4.78, 5) is 0.487. The summed E-state index contributed by atoms with van der Waals surface area (Å²) in [6.07, 6.45) is -3.20. The number of alkyl halides is 4. The first-order valence-corrected chi connectivity index (χ1v) is 7.18. The molecule has 0 radical (unpaired) electrons. The van der Waals surface area contributed by atoms with Crippen molar-refractivity contribution >= 4 is 27.7 Å². The molecule has 1 aliphatic heterocycles. The van der Waals surface area contributed by atoms with E-state index in [1.165, 1.54) is 0 Å². The van der Waals surface area contributed by atoms with E-state index in [-0.39, 0.29) is 11.3 Å². The van der Waals surface area contributed by atoms with E-state index < -0.39 is 11.0 Å². The van der Waals surface area contributed by atoms with Crippen LogP contribution in [-0.4, -0.2) is 46.0 Å². The van der Waals surface area contributed by atoms with Crippen molar-refractivity contribution < 1.29 is 13.2 Å². The monoisotopic (exact) mass is 319 g/mol. The van der Waals surface area contributed by atoms with Crippen LogP contribution in [0.15, 0.2) is 0 Å². The van der Waals surface area contributed by atoms with Gasteiger partial charge in [0.2, 0.25) is 0 Å². The van der Waals surface area contributed by atoms with Gasteiger partial charge in [-0.1, -0.05) is 29.8 Å². The summed E-state index contributed by atoms with van der Waals surface area (Å²) in [5, 5.41) is 0. The van der Waals surface area contributed by atoms with Crippen LogP contribution in [0.5, 0.6) is 0 Å². The molecule has 1 nitrogen and oxygen atoms in total. The molecule has 96 valence electrons. The average Bonchev–Trinajstić information content (AvgIpc) is 2.26. The number of thioether (sulfide) groups is 1. The summed E-state index contributed by atoms with van der Waals surface area (Å²) in [5.74, 6) is 0.907. The van der Waals surface area contributed by atoms with Crippen molar-refractivity contribution in [2.75, 3.05) is 25.4 Å². The zero-order valence-corrected chi connectivity index (χ0v) is 11.9. The first kappa shape index (κ1) is 14.6. The topological polar surface area (TPSA) is 3.24 Å². The van der Waals surface area contributed by atoms with Crippen LogP contribution in [-0.2, 0) is 0 Å². The second-order valence-corrected chi connectivity index (χ2v) is 7.58. The van der Waals surface area contributed by atoms with Crippen LogP contribution in [0.1, 0.15) is 20.3 Å². The molecule has 1 atom stereocenters. The lowest BCUT2D eigenvalue weighted by Gasteiger charge is -2.25. The van der Waals surface area contributed by atoms with E-state index >= 15 is 0 Å². The molecule has 0 aliphatic carbocycles. The summed E-state index contributed by atoms with van der Waals surface area (Å²) < 4.78 is 37.3. The third-order valence-electron chi connectivity index (χ3n) is 2.70. The van der Waals surface area contributed by atoms with Gasteiger partial charge in [-0.05, 0) is 13.0 Å². The number of halogens is 4. The molecule has 0 bridgehead atoms. The average molecular weight is 320 g/mol. The number of hydrogen-bond donors (Lipinski definition) is 0. The van der Waals surface area contributed by atoms with E-state index in [2.05, 4.69) is 29.8 Å². The molecule has 0 aromatic heterocycles. The molecule has 0 spiro atoms. The Balaban J connectivity index is 2.44. The third-order valence-corrected chi connectivity index (χ3v) is 4.89. The highest BCUT2D eigenvalue weighted by Gasteiger charge is 2.39. The molecule has 0 aromatic rings. The van der Waals surface area contributed by atoms with Gasteiger partial charge in [0.25, 0.3) is 0 Å². The van der Waals surface area contributed by atoms with Gasteiger partial charge in [0.05, 0.1) is 0 Å². The van der Waals surface area contributed by atoms with Crippen LogP contribution in [0.2, 0.25) is 0 Å². The first-order chi connectivity index (χ1) is 7.21. The van der Waals surface area contributed by atoms with Crippen LogP contribution in [0, 0.1) is 0 Å². The van der Waals surface area contributed by atoms with Gasteiger partial charge in [-0.25, -0.2) is 0 Å². The highest BCUT2D eigenvalue weighted by molar-refractivity contribution is 9.09. The SMILES string of the molecule is CC1(C)CCN(CC(Br)C(F)(F)F)CCS1. The van der Waals surface area contributed by atoms with Crippen molar-refractivity contribution in [3.05, 3.63) is 0 Å². The fourth-order valence-electron chi connectivity index (χ4n) is 1.58. The maximum atomic E-state index is 12.4. The van der Waals surface area contributed by atoms with Crippen LogP contribution >= 0.6 is 27.7 Å². The van der Waals surface area contributed by atoms with Crippen molar-refractivity contribution in [2.24, 2.45) is 0 Å². The Morgan fingerprint density at radius 2 is 2.00 bits per heavy atom. The minimum Gasteiger partial charge on any atom is -0.301 e. The zero-order chi connectivity index (χ0) is 12.4. The lowest BCUT2D eigenvalue weighted by molar-refractivity contribution is -0.130. The number of rotatable bonds is 2. The zero-order valence-electron chi connectivity index (χ0n) is 9.48. The Hall–Kier alpha value is 0.580. The van der Waals surface area contributed by atoms with Crippen molar-refractivity contribution in [3.8, 4) is 0 Å². The Morgan fingerprint density at radius 3 is 2.56 bits per heavy atom. The van der Waals surface area contributed by atoms with E-state index in [9.17, 15) is 13.2 Å². The molecule has 6 heteroatoms. The molecule has 0 N–H and O–H groups in total. The van der Waals surface area contributed by atoms with E-state index in [4.69, 9.17) is 0 Å². The maximum absolute atomic E-state index is 12.4. The Kier molecular flexibility index (Phi) is 5.02. The van der Waals surface area contributed by atoms with Crippen molar-refractivity contribution in [1.82, 2.24) is 4.90 Å². The van der Waals surface area contributed by atoms with E-state index in [1.54, 1.807) is 0 Å². The predicted octanol–water partition coefficient (Wildman–Crippen LogP) is 3.53.